The van der Waals surface area contributed by atoms with Gasteiger partial charge in [-0.1, -0.05) is 48.0 Å². The van der Waals surface area contributed by atoms with Crippen molar-refractivity contribution < 1.29 is 8.42 Å². The summed E-state index contributed by atoms with van der Waals surface area (Å²) in [7, 11) is -3.64. The predicted octanol–water partition coefficient (Wildman–Crippen LogP) is 4.22. The van der Waals surface area contributed by atoms with E-state index in [1.165, 1.54) is 5.56 Å². The molecule has 0 aliphatic carbocycles. The van der Waals surface area contributed by atoms with Crippen LogP contribution in [0.5, 0.6) is 0 Å². The molecule has 0 atom stereocenters. The largest absolute Gasteiger partial charge is 0.366 e. The first kappa shape index (κ1) is 18.9. The molecule has 1 heterocycles. The molecule has 0 saturated heterocycles. The Kier molecular flexibility index (Phi) is 5.76. The number of hydrogen-bond acceptors (Lipinski definition) is 4. The Morgan fingerprint density at radius 2 is 1.67 bits per heavy atom. The van der Waals surface area contributed by atoms with Gasteiger partial charge in [0.2, 0.25) is 0 Å². The van der Waals surface area contributed by atoms with Crippen molar-refractivity contribution >= 4 is 21.5 Å². The lowest BCUT2D eigenvalue weighted by Gasteiger charge is -2.23. The van der Waals surface area contributed by atoms with E-state index >= 15 is 0 Å². The van der Waals surface area contributed by atoms with Gasteiger partial charge in [-0.15, -0.1) is 0 Å². The van der Waals surface area contributed by atoms with Gasteiger partial charge >= 0.3 is 0 Å². The standard InChI is InChI=1S/C21H23N3O2S/c1-3-24(16-18-7-5-4-6-8-18)19-11-14-21(22-15-19)23-27(25,26)20-12-9-17(2)10-13-20/h4-15H,3,16H2,1-2H3,(H,22,23). The monoisotopic (exact) mass is 381 g/mol. The minimum Gasteiger partial charge on any atom is -0.366 e. The van der Waals surface area contributed by atoms with E-state index in [4.69, 9.17) is 0 Å². The summed E-state index contributed by atoms with van der Waals surface area (Å²) < 4.78 is 27.5. The van der Waals surface area contributed by atoms with Gasteiger partial charge in [0.1, 0.15) is 5.82 Å². The molecule has 6 heteroatoms. The summed E-state index contributed by atoms with van der Waals surface area (Å²) in [6.07, 6.45) is 1.69. The van der Waals surface area contributed by atoms with Crippen molar-refractivity contribution in [3.63, 3.8) is 0 Å². The summed E-state index contributed by atoms with van der Waals surface area (Å²) in [6, 6.07) is 20.5. The highest BCUT2D eigenvalue weighted by Gasteiger charge is 2.15. The molecule has 0 unspecified atom stereocenters. The van der Waals surface area contributed by atoms with Crippen LogP contribution in [-0.2, 0) is 16.6 Å². The maximum Gasteiger partial charge on any atom is 0.263 e. The molecule has 5 nitrogen and oxygen atoms in total. The first-order chi connectivity index (χ1) is 13.0. The smallest absolute Gasteiger partial charge is 0.263 e. The SMILES string of the molecule is CCN(Cc1ccccc1)c1ccc(NS(=O)(=O)c2ccc(C)cc2)nc1. The fourth-order valence-corrected chi connectivity index (χ4v) is 3.75. The average molecular weight is 382 g/mol. The van der Waals surface area contributed by atoms with Gasteiger partial charge in [0.15, 0.2) is 0 Å². The molecule has 140 valence electrons. The molecule has 0 fully saturated rings. The van der Waals surface area contributed by atoms with Crippen molar-refractivity contribution in [2.45, 2.75) is 25.3 Å². The third-order valence-electron chi connectivity index (χ3n) is 4.28. The molecule has 0 amide bonds. The summed E-state index contributed by atoms with van der Waals surface area (Å²) in [4.78, 5) is 6.69. The van der Waals surface area contributed by atoms with E-state index in [2.05, 4.69) is 33.7 Å². The number of aryl methyl sites for hydroxylation is 1. The Labute approximate surface area is 160 Å². The van der Waals surface area contributed by atoms with Crippen LogP contribution in [0.1, 0.15) is 18.1 Å². The van der Waals surface area contributed by atoms with Gasteiger partial charge < -0.3 is 4.90 Å². The fourth-order valence-electron chi connectivity index (χ4n) is 2.74. The number of nitrogens with zero attached hydrogens (tertiary/aromatic N) is 2. The van der Waals surface area contributed by atoms with Gasteiger partial charge in [0.05, 0.1) is 16.8 Å². The Hall–Kier alpha value is -2.86. The Morgan fingerprint density at radius 3 is 2.26 bits per heavy atom. The van der Waals surface area contributed by atoms with Gasteiger partial charge in [-0.2, -0.15) is 0 Å². The number of sulfonamides is 1. The molecular formula is C21H23N3O2S. The number of pyridine rings is 1. The van der Waals surface area contributed by atoms with E-state index in [0.717, 1.165) is 24.3 Å². The van der Waals surface area contributed by atoms with Crippen molar-refractivity contribution in [3.8, 4) is 0 Å². The van der Waals surface area contributed by atoms with E-state index in [1.54, 1.807) is 36.5 Å². The molecular weight excluding hydrogens is 358 g/mol. The molecule has 3 aromatic rings. The number of hydrogen-bond donors (Lipinski definition) is 1. The second-order valence-corrected chi connectivity index (χ2v) is 8.00. The number of nitrogens with one attached hydrogen (secondary N) is 1. The number of anilines is 2. The van der Waals surface area contributed by atoms with Crippen LogP contribution in [0, 0.1) is 6.92 Å². The van der Waals surface area contributed by atoms with Crippen molar-refractivity contribution in [1.29, 1.82) is 0 Å². The quantitative estimate of drug-likeness (QED) is 0.666. The van der Waals surface area contributed by atoms with E-state index < -0.39 is 10.0 Å². The van der Waals surface area contributed by atoms with E-state index in [-0.39, 0.29) is 4.90 Å². The van der Waals surface area contributed by atoms with E-state index in [9.17, 15) is 8.42 Å². The lowest BCUT2D eigenvalue weighted by atomic mass is 10.2. The molecule has 0 bridgehead atoms. The van der Waals surface area contributed by atoms with Crippen LogP contribution >= 0.6 is 0 Å². The second kappa shape index (κ2) is 8.22. The topological polar surface area (TPSA) is 62.3 Å². The van der Waals surface area contributed by atoms with Crippen LogP contribution in [0.2, 0.25) is 0 Å². The lowest BCUT2D eigenvalue weighted by Crippen LogP contribution is -2.22. The van der Waals surface area contributed by atoms with Crippen LogP contribution in [0.3, 0.4) is 0 Å². The summed E-state index contributed by atoms with van der Waals surface area (Å²) in [5.74, 6) is 0.301. The molecule has 0 saturated carbocycles. The maximum atomic E-state index is 12.5. The van der Waals surface area contributed by atoms with Crippen LogP contribution in [0.4, 0.5) is 11.5 Å². The molecule has 0 aliphatic rings. The normalized spacial score (nSPS) is 11.2. The predicted molar refractivity (Wildman–Crippen MR) is 109 cm³/mol. The number of benzene rings is 2. The molecule has 27 heavy (non-hydrogen) atoms. The zero-order valence-electron chi connectivity index (χ0n) is 15.5. The first-order valence-electron chi connectivity index (χ1n) is 8.82. The summed E-state index contributed by atoms with van der Waals surface area (Å²) in [5, 5.41) is 0. The molecule has 0 spiro atoms. The molecule has 2 aromatic carbocycles. The van der Waals surface area contributed by atoms with Crippen LogP contribution in [0.15, 0.2) is 77.8 Å². The molecule has 1 aromatic heterocycles. The highest BCUT2D eigenvalue weighted by molar-refractivity contribution is 7.92. The second-order valence-electron chi connectivity index (χ2n) is 6.32. The van der Waals surface area contributed by atoms with Gasteiger partial charge in [0, 0.05) is 13.1 Å². The van der Waals surface area contributed by atoms with Crippen LogP contribution in [-0.4, -0.2) is 19.9 Å². The molecule has 0 radical (unpaired) electrons. The summed E-state index contributed by atoms with van der Waals surface area (Å²) in [5.41, 5.74) is 3.16. The van der Waals surface area contributed by atoms with Crippen molar-refractivity contribution in [1.82, 2.24) is 4.98 Å². The fraction of sp³-hybridized carbons (Fsp3) is 0.190. The van der Waals surface area contributed by atoms with Gasteiger partial charge in [0.25, 0.3) is 10.0 Å². The van der Waals surface area contributed by atoms with Gasteiger partial charge in [-0.25, -0.2) is 13.4 Å². The zero-order chi connectivity index (χ0) is 19.3. The van der Waals surface area contributed by atoms with E-state index in [0.29, 0.717) is 5.82 Å². The molecule has 1 N–H and O–H groups in total. The van der Waals surface area contributed by atoms with Crippen LogP contribution in [0.25, 0.3) is 0 Å². The summed E-state index contributed by atoms with van der Waals surface area (Å²) >= 11 is 0. The van der Waals surface area contributed by atoms with Crippen molar-refractivity contribution in [3.05, 3.63) is 84.1 Å². The van der Waals surface area contributed by atoms with Gasteiger partial charge in [-0.3, -0.25) is 4.72 Å². The molecule has 0 aliphatic heterocycles. The minimum absolute atomic E-state index is 0.221. The third kappa shape index (κ3) is 4.86. The maximum absolute atomic E-state index is 12.5. The average Bonchev–Trinajstić information content (AvgIpc) is 2.68. The lowest BCUT2D eigenvalue weighted by molar-refractivity contribution is 0.601. The minimum atomic E-state index is -3.64. The molecule has 3 rings (SSSR count). The Balaban J connectivity index is 1.73. The van der Waals surface area contributed by atoms with Crippen LogP contribution < -0.4 is 9.62 Å². The highest BCUT2D eigenvalue weighted by atomic mass is 32.2. The Morgan fingerprint density at radius 1 is 0.963 bits per heavy atom. The van der Waals surface area contributed by atoms with Gasteiger partial charge in [-0.05, 0) is 43.7 Å². The summed E-state index contributed by atoms with van der Waals surface area (Å²) in [6.45, 7) is 5.59. The third-order valence-corrected chi connectivity index (χ3v) is 5.65. The zero-order valence-corrected chi connectivity index (χ0v) is 16.3. The Bertz CT molecular complexity index is 970. The number of rotatable bonds is 7. The van der Waals surface area contributed by atoms with Crippen molar-refractivity contribution in [2.75, 3.05) is 16.2 Å². The van der Waals surface area contributed by atoms with Crippen molar-refractivity contribution in [2.24, 2.45) is 0 Å². The highest BCUT2D eigenvalue weighted by Crippen LogP contribution is 2.20. The first-order valence-corrected chi connectivity index (χ1v) is 10.3. The van der Waals surface area contributed by atoms with E-state index in [1.807, 2.05) is 31.2 Å². The number of aromatic nitrogens is 1.